The molecule has 6 nitrogen and oxygen atoms in total. The van der Waals surface area contributed by atoms with Gasteiger partial charge in [0.25, 0.3) is 5.91 Å². The maximum Gasteiger partial charge on any atom is 0.251 e. The van der Waals surface area contributed by atoms with E-state index < -0.39 is 0 Å². The molecule has 0 atom stereocenters. The van der Waals surface area contributed by atoms with E-state index in [4.69, 9.17) is 9.15 Å². The standard InChI is InChI=1S/C21H19N3O3/c1-26-18-5-2-4-15(10-18)14-24-20-11-16(7-8-17(20)12-23-24)21(25)22-13-19-6-3-9-27-19/h2-12H,13-14H2,1H3,(H,22,25). The highest BCUT2D eigenvalue weighted by Crippen LogP contribution is 2.19. The van der Waals surface area contributed by atoms with Gasteiger partial charge < -0.3 is 14.5 Å². The molecule has 1 N–H and O–H groups in total. The second-order valence-electron chi connectivity index (χ2n) is 6.19. The average Bonchev–Trinajstić information content (AvgIpc) is 3.36. The molecule has 2 aromatic carbocycles. The van der Waals surface area contributed by atoms with Crippen LogP contribution in [0.15, 0.2) is 71.5 Å². The minimum Gasteiger partial charge on any atom is -0.497 e. The SMILES string of the molecule is COc1cccc(Cn2ncc3ccc(C(=O)NCc4ccco4)cc32)c1. The number of nitrogens with zero attached hydrogens (tertiary/aromatic N) is 2. The molecule has 0 aliphatic rings. The first-order chi connectivity index (χ1) is 13.2. The lowest BCUT2D eigenvalue weighted by Gasteiger charge is -2.08. The van der Waals surface area contributed by atoms with Gasteiger partial charge in [-0.25, -0.2) is 0 Å². The van der Waals surface area contributed by atoms with Crippen LogP contribution >= 0.6 is 0 Å². The molecule has 6 heteroatoms. The monoisotopic (exact) mass is 361 g/mol. The lowest BCUT2D eigenvalue weighted by atomic mass is 10.1. The number of hydrogen-bond donors (Lipinski definition) is 1. The van der Waals surface area contributed by atoms with Gasteiger partial charge in [0.2, 0.25) is 0 Å². The second kappa shape index (κ2) is 7.37. The first kappa shape index (κ1) is 16.9. The number of fused-ring (bicyclic) bond motifs is 1. The molecular formula is C21H19N3O3. The molecule has 1 amide bonds. The number of ether oxygens (including phenoxy) is 1. The van der Waals surface area contributed by atoms with Crippen molar-refractivity contribution < 1.29 is 13.9 Å². The largest absolute Gasteiger partial charge is 0.497 e. The molecule has 0 fully saturated rings. The van der Waals surface area contributed by atoms with Crippen molar-refractivity contribution >= 4 is 16.8 Å². The summed E-state index contributed by atoms with van der Waals surface area (Å²) in [6, 6.07) is 17.1. The Bertz CT molecular complexity index is 1070. The van der Waals surface area contributed by atoms with Crippen molar-refractivity contribution in [3.05, 3.63) is 83.9 Å². The minimum absolute atomic E-state index is 0.151. The molecule has 0 unspecified atom stereocenters. The predicted molar refractivity (Wildman–Crippen MR) is 102 cm³/mol. The molecule has 0 radical (unpaired) electrons. The summed E-state index contributed by atoms with van der Waals surface area (Å²) in [5.74, 6) is 1.37. The van der Waals surface area contributed by atoms with Crippen molar-refractivity contribution in [1.29, 1.82) is 0 Å². The zero-order valence-electron chi connectivity index (χ0n) is 14.9. The smallest absolute Gasteiger partial charge is 0.251 e. The Morgan fingerprint density at radius 1 is 1.19 bits per heavy atom. The number of amides is 1. The molecule has 4 aromatic rings. The van der Waals surface area contributed by atoms with Crippen LogP contribution < -0.4 is 10.1 Å². The number of furan rings is 1. The maximum atomic E-state index is 12.5. The van der Waals surface area contributed by atoms with Crippen LogP contribution in [0.2, 0.25) is 0 Å². The summed E-state index contributed by atoms with van der Waals surface area (Å²) >= 11 is 0. The Morgan fingerprint density at radius 3 is 2.93 bits per heavy atom. The molecule has 2 aromatic heterocycles. The molecule has 0 saturated heterocycles. The van der Waals surface area contributed by atoms with E-state index in [1.807, 2.05) is 47.1 Å². The number of nitrogens with one attached hydrogen (secondary N) is 1. The molecule has 0 aliphatic heterocycles. The van der Waals surface area contributed by atoms with Crippen LogP contribution in [-0.2, 0) is 13.1 Å². The van der Waals surface area contributed by atoms with Gasteiger partial charge in [-0.1, -0.05) is 18.2 Å². The molecule has 2 heterocycles. The fourth-order valence-electron chi connectivity index (χ4n) is 2.96. The van der Waals surface area contributed by atoms with Crippen molar-refractivity contribution in [3.8, 4) is 5.75 Å². The van der Waals surface area contributed by atoms with E-state index in [0.717, 1.165) is 22.2 Å². The van der Waals surface area contributed by atoms with Crippen LogP contribution in [0.3, 0.4) is 0 Å². The molecule has 0 bridgehead atoms. The Morgan fingerprint density at radius 2 is 2.11 bits per heavy atom. The molecule has 0 aliphatic carbocycles. The van der Waals surface area contributed by atoms with Gasteiger partial charge in [-0.2, -0.15) is 5.10 Å². The van der Waals surface area contributed by atoms with Gasteiger partial charge in [0.05, 0.1) is 38.2 Å². The van der Waals surface area contributed by atoms with Gasteiger partial charge in [0, 0.05) is 10.9 Å². The summed E-state index contributed by atoms with van der Waals surface area (Å²) in [6.45, 7) is 0.950. The highest BCUT2D eigenvalue weighted by atomic mass is 16.5. The summed E-state index contributed by atoms with van der Waals surface area (Å²) in [5, 5.41) is 8.31. The fourth-order valence-corrected chi connectivity index (χ4v) is 2.96. The van der Waals surface area contributed by atoms with E-state index in [1.54, 1.807) is 31.7 Å². The summed E-state index contributed by atoms with van der Waals surface area (Å²) in [6.07, 6.45) is 3.39. The molecule has 0 spiro atoms. The third-order valence-corrected chi connectivity index (χ3v) is 4.38. The topological polar surface area (TPSA) is 69.3 Å². The van der Waals surface area contributed by atoms with E-state index in [1.165, 1.54) is 0 Å². The Balaban J connectivity index is 1.56. The van der Waals surface area contributed by atoms with Crippen LogP contribution in [0.1, 0.15) is 21.7 Å². The molecule has 136 valence electrons. The van der Waals surface area contributed by atoms with Crippen molar-refractivity contribution in [2.24, 2.45) is 0 Å². The van der Waals surface area contributed by atoms with Gasteiger partial charge in [-0.3, -0.25) is 9.48 Å². The van der Waals surface area contributed by atoms with E-state index in [9.17, 15) is 4.79 Å². The van der Waals surface area contributed by atoms with Gasteiger partial charge in [0.15, 0.2) is 0 Å². The quantitative estimate of drug-likeness (QED) is 0.569. The number of hydrogen-bond acceptors (Lipinski definition) is 4. The summed E-state index contributed by atoms with van der Waals surface area (Å²) in [7, 11) is 1.65. The zero-order chi connectivity index (χ0) is 18.6. The predicted octanol–water partition coefficient (Wildman–Crippen LogP) is 3.62. The molecular weight excluding hydrogens is 342 g/mol. The van der Waals surface area contributed by atoms with Crippen molar-refractivity contribution in [1.82, 2.24) is 15.1 Å². The highest BCUT2D eigenvalue weighted by Gasteiger charge is 2.10. The Kier molecular flexibility index (Phi) is 4.61. The Labute approximate surface area is 156 Å². The minimum atomic E-state index is -0.151. The van der Waals surface area contributed by atoms with E-state index >= 15 is 0 Å². The van der Waals surface area contributed by atoms with Gasteiger partial charge in [0.1, 0.15) is 11.5 Å². The zero-order valence-corrected chi connectivity index (χ0v) is 14.9. The number of methoxy groups -OCH3 is 1. The highest BCUT2D eigenvalue weighted by molar-refractivity contribution is 5.97. The summed E-state index contributed by atoms with van der Waals surface area (Å²) in [4.78, 5) is 12.5. The van der Waals surface area contributed by atoms with Crippen LogP contribution in [0.4, 0.5) is 0 Å². The summed E-state index contributed by atoms with van der Waals surface area (Å²) in [5.41, 5.74) is 2.57. The van der Waals surface area contributed by atoms with Crippen molar-refractivity contribution in [2.45, 2.75) is 13.1 Å². The first-order valence-corrected chi connectivity index (χ1v) is 8.62. The van der Waals surface area contributed by atoms with Gasteiger partial charge in [-0.15, -0.1) is 0 Å². The lowest BCUT2D eigenvalue weighted by Crippen LogP contribution is -2.22. The second-order valence-corrected chi connectivity index (χ2v) is 6.19. The number of aromatic nitrogens is 2. The number of carbonyl (C=O) groups excluding carboxylic acids is 1. The number of benzene rings is 2. The van der Waals surface area contributed by atoms with Gasteiger partial charge in [-0.05, 0) is 42.0 Å². The number of rotatable bonds is 6. The Hall–Kier alpha value is -3.54. The van der Waals surface area contributed by atoms with Crippen LogP contribution in [0.5, 0.6) is 5.75 Å². The molecule has 4 rings (SSSR count). The van der Waals surface area contributed by atoms with E-state index in [-0.39, 0.29) is 5.91 Å². The van der Waals surface area contributed by atoms with Crippen LogP contribution in [0, 0.1) is 0 Å². The van der Waals surface area contributed by atoms with E-state index in [2.05, 4.69) is 10.4 Å². The van der Waals surface area contributed by atoms with Crippen molar-refractivity contribution in [3.63, 3.8) is 0 Å². The fraction of sp³-hybridized carbons (Fsp3) is 0.143. The lowest BCUT2D eigenvalue weighted by molar-refractivity contribution is 0.0948. The van der Waals surface area contributed by atoms with Gasteiger partial charge >= 0.3 is 0 Å². The third-order valence-electron chi connectivity index (χ3n) is 4.38. The van der Waals surface area contributed by atoms with Crippen molar-refractivity contribution in [2.75, 3.05) is 7.11 Å². The van der Waals surface area contributed by atoms with Crippen LogP contribution in [0.25, 0.3) is 10.9 Å². The third kappa shape index (κ3) is 3.69. The average molecular weight is 361 g/mol. The maximum absolute atomic E-state index is 12.5. The first-order valence-electron chi connectivity index (χ1n) is 8.62. The molecule has 0 saturated carbocycles. The normalized spacial score (nSPS) is 10.9. The summed E-state index contributed by atoms with van der Waals surface area (Å²) < 4.78 is 12.4. The van der Waals surface area contributed by atoms with E-state index in [0.29, 0.717) is 24.4 Å². The van der Waals surface area contributed by atoms with Crippen LogP contribution in [-0.4, -0.2) is 22.8 Å². The number of carbonyl (C=O) groups is 1. The molecule has 27 heavy (non-hydrogen) atoms.